The first-order valence-electron chi connectivity index (χ1n) is 8.26. The first kappa shape index (κ1) is 14.4. The standard InChI is InChI=1S/C20H14N4.Co/c1-2-14-10-16-5-6-18(23-16)12-20-8-7-19(24-20)11-17-4-3-15(22-17)9-13(1)21-14;/h1-12,21,24H;/i1D;. The summed E-state index contributed by atoms with van der Waals surface area (Å²) >= 11 is 0. The van der Waals surface area contributed by atoms with E-state index in [1.807, 2.05) is 60.7 Å². The predicted molar refractivity (Wildman–Crippen MR) is 98.9 cm³/mol. The Morgan fingerprint density at radius 2 is 1.00 bits per heavy atom. The van der Waals surface area contributed by atoms with Crippen molar-refractivity contribution in [3.8, 4) is 0 Å². The van der Waals surface area contributed by atoms with Crippen molar-refractivity contribution >= 4 is 46.4 Å². The number of fused-ring (bicyclic) bond motifs is 8. The molecule has 8 bridgehead atoms. The van der Waals surface area contributed by atoms with E-state index in [1.54, 1.807) is 6.07 Å². The van der Waals surface area contributed by atoms with E-state index in [4.69, 9.17) is 1.37 Å². The molecule has 3 aromatic rings. The van der Waals surface area contributed by atoms with E-state index >= 15 is 0 Å². The molecule has 0 spiro atoms. The molecule has 5 heterocycles. The molecule has 0 fully saturated rings. The van der Waals surface area contributed by atoms with Crippen molar-refractivity contribution in [2.75, 3.05) is 0 Å². The van der Waals surface area contributed by atoms with Gasteiger partial charge in [-0.2, -0.15) is 0 Å². The molecule has 4 nitrogen and oxygen atoms in total. The minimum atomic E-state index is 0. The van der Waals surface area contributed by atoms with Crippen LogP contribution in [0.15, 0.2) is 48.5 Å². The molecule has 5 heteroatoms. The molecule has 2 aliphatic heterocycles. The van der Waals surface area contributed by atoms with Crippen LogP contribution in [0.2, 0.25) is 0 Å². The fourth-order valence-electron chi connectivity index (χ4n) is 2.87. The van der Waals surface area contributed by atoms with E-state index in [2.05, 4.69) is 19.9 Å². The number of aromatic amines is 2. The molecular weight excluding hydrogens is 355 g/mol. The Kier molecular flexibility index (Phi) is 3.58. The summed E-state index contributed by atoms with van der Waals surface area (Å²) in [5.74, 6) is 0. The van der Waals surface area contributed by atoms with E-state index in [1.165, 1.54) is 0 Å². The third-order valence-electron chi connectivity index (χ3n) is 3.96. The zero-order chi connectivity index (χ0) is 16.8. The smallest absolute Gasteiger partial charge is 0.0658 e. The van der Waals surface area contributed by atoms with Crippen molar-refractivity contribution in [1.29, 1.82) is 0 Å². The molecule has 3 aromatic heterocycles. The summed E-state index contributed by atoms with van der Waals surface area (Å²) in [4.78, 5) is 15.8. The minimum Gasteiger partial charge on any atom is -0.355 e. The number of H-pyrrole nitrogens is 2. The SMILES string of the molecule is [2H]c1cc2cc3nc(cc4ccc(cc5nc(cc1[nH]2)C=C5)[nH]4)C=C3.[Co]. The summed E-state index contributed by atoms with van der Waals surface area (Å²) in [7, 11) is 0. The number of nitrogens with one attached hydrogen (secondary N) is 2. The molecule has 0 atom stereocenters. The summed E-state index contributed by atoms with van der Waals surface area (Å²) in [6.45, 7) is 0. The van der Waals surface area contributed by atoms with Crippen molar-refractivity contribution in [1.82, 2.24) is 19.9 Å². The second kappa shape index (κ2) is 6.20. The maximum absolute atomic E-state index is 8.14. The number of hydrogen-bond donors (Lipinski definition) is 2. The van der Waals surface area contributed by atoms with Gasteiger partial charge < -0.3 is 9.97 Å². The molecule has 2 aliphatic rings. The second-order valence-corrected chi connectivity index (χ2v) is 5.82. The van der Waals surface area contributed by atoms with E-state index < -0.39 is 0 Å². The normalized spacial score (nSPS) is 12.7. The molecule has 0 saturated heterocycles. The average Bonchev–Trinajstić information content (AvgIpc) is 3.33. The fraction of sp³-hybridized carbons (Fsp3) is 0. The molecule has 0 aliphatic carbocycles. The molecule has 0 aromatic carbocycles. The van der Waals surface area contributed by atoms with Gasteiger partial charge >= 0.3 is 0 Å². The maximum Gasteiger partial charge on any atom is 0.0658 e. The van der Waals surface area contributed by atoms with Gasteiger partial charge in [-0.3, -0.25) is 0 Å². The van der Waals surface area contributed by atoms with Crippen LogP contribution in [0, 0.1) is 0 Å². The van der Waals surface area contributed by atoms with Crippen molar-refractivity contribution in [3.63, 3.8) is 0 Å². The topological polar surface area (TPSA) is 57.4 Å². The van der Waals surface area contributed by atoms with Gasteiger partial charge in [-0.15, -0.1) is 0 Å². The second-order valence-electron chi connectivity index (χ2n) is 5.82. The summed E-state index contributed by atoms with van der Waals surface area (Å²) in [6, 6.07) is 14.1. The van der Waals surface area contributed by atoms with Gasteiger partial charge in [0.15, 0.2) is 0 Å². The van der Waals surface area contributed by atoms with Crippen molar-refractivity contribution < 1.29 is 18.1 Å². The summed E-state index contributed by atoms with van der Waals surface area (Å²) < 4.78 is 8.14. The number of nitrogens with zero attached hydrogens (tertiary/aromatic N) is 2. The third kappa shape index (κ3) is 3.20. The summed E-state index contributed by atoms with van der Waals surface area (Å²) in [5.41, 5.74) is 7.04. The van der Waals surface area contributed by atoms with Gasteiger partial charge in [0.05, 0.1) is 24.1 Å². The molecule has 25 heavy (non-hydrogen) atoms. The number of rotatable bonds is 0. The molecule has 0 unspecified atom stereocenters. The zero-order valence-corrected chi connectivity index (χ0v) is 14.1. The molecule has 1 radical (unpaired) electrons. The fourth-order valence-corrected chi connectivity index (χ4v) is 2.87. The van der Waals surface area contributed by atoms with Crippen LogP contribution >= 0.6 is 0 Å². The van der Waals surface area contributed by atoms with Crippen molar-refractivity contribution in [2.45, 2.75) is 0 Å². The Hall–Kier alpha value is -2.89. The molecule has 2 N–H and O–H groups in total. The van der Waals surface area contributed by atoms with Crippen molar-refractivity contribution in [3.05, 3.63) is 71.3 Å². The van der Waals surface area contributed by atoms with Gasteiger partial charge in [-0.25, -0.2) is 9.97 Å². The maximum atomic E-state index is 8.14. The van der Waals surface area contributed by atoms with Gasteiger partial charge in [-0.1, -0.05) is 0 Å². The van der Waals surface area contributed by atoms with Crippen LogP contribution in [0.1, 0.15) is 24.1 Å². The third-order valence-corrected chi connectivity index (χ3v) is 3.96. The van der Waals surface area contributed by atoms with Crippen LogP contribution in [-0.2, 0) is 16.8 Å². The van der Waals surface area contributed by atoms with Crippen molar-refractivity contribution in [2.24, 2.45) is 0 Å². The van der Waals surface area contributed by atoms with Gasteiger partial charge in [0.2, 0.25) is 0 Å². The van der Waals surface area contributed by atoms with E-state index in [9.17, 15) is 0 Å². The monoisotopic (exact) mass is 370 g/mol. The minimum absolute atomic E-state index is 0. The summed E-state index contributed by atoms with van der Waals surface area (Å²) in [5, 5.41) is 0. The van der Waals surface area contributed by atoms with Gasteiger partial charge in [-0.05, 0) is 72.8 Å². The zero-order valence-electron chi connectivity index (χ0n) is 14.1. The van der Waals surface area contributed by atoms with Crippen LogP contribution in [0.4, 0.5) is 0 Å². The molecule has 0 saturated carbocycles. The summed E-state index contributed by atoms with van der Waals surface area (Å²) in [6.07, 6.45) is 7.88. The van der Waals surface area contributed by atoms with Gasteiger partial charge in [0, 0.05) is 38.8 Å². The number of hydrogen-bond acceptors (Lipinski definition) is 2. The quantitative estimate of drug-likeness (QED) is 0.417. The van der Waals surface area contributed by atoms with E-state index in [0.717, 1.165) is 44.8 Å². The average molecular weight is 370 g/mol. The predicted octanol–water partition coefficient (Wildman–Crippen LogP) is 4.65. The molecular formula is C20H14CoN4. The van der Waals surface area contributed by atoms with Crippen LogP contribution in [0.3, 0.4) is 0 Å². The Balaban J connectivity index is 0.00000168. The molecule has 5 rings (SSSR count). The molecule has 0 amide bonds. The largest absolute Gasteiger partial charge is 0.355 e. The van der Waals surface area contributed by atoms with E-state index in [-0.39, 0.29) is 16.8 Å². The van der Waals surface area contributed by atoms with Gasteiger partial charge in [0.25, 0.3) is 0 Å². The van der Waals surface area contributed by atoms with Crippen LogP contribution in [0.5, 0.6) is 0 Å². The Labute approximate surface area is 156 Å². The van der Waals surface area contributed by atoms with Gasteiger partial charge in [0.1, 0.15) is 0 Å². The van der Waals surface area contributed by atoms with E-state index in [0.29, 0.717) is 6.04 Å². The first-order valence-corrected chi connectivity index (χ1v) is 7.76. The van der Waals surface area contributed by atoms with Crippen LogP contribution < -0.4 is 0 Å². The van der Waals surface area contributed by atoms with Crippen LogP contribution in [0.25, 0.3) is 46.4 Å². The Bertz CT molecular complexity index is 1220. The first-order chi connectivity index (χ1) is 12.2. The number of aromatic nitrogens is 4. The Morgan fingerprint density at radius 3 is 1.52 bits per heavy atom. The molecule has 123 valence electrons. The Morgan fingerprint density at radius 1 is 0.600 bits per heavy atom. The van der Waals surface area contributed by atoms with Crippen LogP contribution in [-0.4, -0.2) is 19.9 Å².